The fraction of sp³-hybridized carbons (Fsp3) is 0.400. The first-order chi connectivity index (χ1) is 11.0. The fourth-order valence-electron chi connectivity index (χ4n) is 2.49. The van der Waals surface area contributed by atoms with Crippen molar-refractivity contribution in [1.82, 2.24) is 29.4 Å². The van der Waals surface area contributed by atoms with E-state index in [-0.39, 0.29) is 17.8 Å². The Hall–Kier alpha value is -2.77. The molecule has 0 bridgehead atoms. The predicted molar refractivity (Wildman–Crippen MR) is 85.4 cm³/mol. The summed E-state index contributed by atoms with van der Waals surface area (Å²) in [5.74, 6) is 0.931. The molecule has 3 rings (SSSR count). The highest BCUT2D eigenvalue weighted by atomic mass is 16.2. The Morgan fingerprint density at radius 2 is 2.13 bits per heavy atom. The summed E-state index contributed by atoms with van der Waals surface area (Å²) < 4.78 is 3.43. The second-order valence-corrected chi connectivity index (χ2v) is 5.57. The number of nitrogens with zero attached hydrogens (tertiary/aromatic N) is 6. The molecule has 8 nitrogen and oxygen atoms in total. The number of carbonyl (C=O) groups excluding carboxylic acids is 1. The van der Waals surface area contributed by atoms with Gasteiger partial charge in [0.25, 0.3) is 11.7 Å². The van der Waals surface area contributed by atoms with Gasteiger partial charge in [0, 0.05) is 17.5 Å². The van der Waals surface area contributed by atoms with E-state index in [0.717, 1.165) is 17.8 Å². The zero-order chi connectivity index (χ0) is 16.6. The van der Waals surface area contributed by atoms with E-state index in [0.29, 0.717) is 11.6 Å². The number of fused-ring (bicyclic) bond motifs is 1. The van der Waals surface area contributed by atoms with Gasteiger partial charge in [-0.25, -0.2) is 9.67 Å². The van der Waals surface area contributed by atoms with Gasteiger partial charge in [-0.2, -0.15) is 5.10 Å². The van der Waals surface area contributed by atoms with Crippen molar-refractivity contribution in [2.24, 2.45) is 0 Å². The highest BCUT2D eigenvalue weighted by molar-refractivity contribution is 6.01. The van der Waals surface area contributed by atoms with Crippen LogP contribution in [0.1, 0.15) is 48.3 Å². The van der Waals surface area contributed by atoms with Crippen molar-refractivity contribution in [3.05, 3.63) is 35.5 Å². The molecule has 0 aliphatic rings. The van der Waals surface area contributed by atoms with E-state index in [1.54, 1.807) is 21.3 Å². The van der Waals surface area contributed by atoms with Crippen LogP contribution in [0, 0.1) is 13.8 Å². The molecule has 8 heteroatoms. The van der Waals surface area contributed by atoms with Gasteiger partial charge < -0.3 is 5.32 Å². The smallest absolute Gasteiger partial charge is 0.295 e. The summed E-state index contributed by atoms with van der Waals surface area (Å²) in [4.78, 5) is 16.9. The van der Waals surface area contributed by atoms with Crippen molar-refractivity contribution < 1.29 is 4.79 Å². The molecular weight excluding hydrogens is 294 g/mol. The molecule has 120 valence electrons. The molecule has 0 aliphatic heterocycles. The van der Waals surface area contributed by atoms with Gasteiger partial charge in [-0.1, -0.05) is 6.92 Å². The van der Waals surface area contributed by atoms with Gasteiger partial charge in [0.15, 0.2) is 0 Å². The molecule has 3 aromatic heterocycles. The molecule has 1 N–H and O–H groups in total. The first kappa shape index (κ1) is 15.1. The Morgan fingerprint density at radius 1 is 1.35 bits per heavy atom. The van der Waals surface area contributed by atoms with Crippen LogP contribution in [0.25, 0.3) is 5.78 Å². The first-order valence-corrected chi connectivity index (χ1v) is 7.55. The third-order valence-corrected chi connectivity index (χ3v) is 3.82. The van der Waals surface area contributed by atoms with Gasteiger partial charge in [-0.3, -0.25) is 9.20 Å². The minimum Gasteiger partial charge on any atom is -0.304 e. The van der Waals surface area contributed by atoms with E-state index >= 15 is 0 Å². The standard InChI is InChI=1S/C15H19N7O/c1-5-10(3)22-12(6-7-16-22)18-14(23)13-19-20-15-17-9(2)8-11(4)21(13)15/h6-8,10H,5H2,1-4H3,(H,18,23)/t10-/m1/s1. The molecule has 0 spiro atoms. The van der Waals surface area contributed by atoms with Crippen molar-refractivity contribution in [3.8, 4) is 0 Å². The summed E-state index contributed by atoms with van der Waals surface area (Å²) in [5, 5.41) is 15.1. The maximum absolute atomic E-state index is 12.6. The lowest BCUT2D eigenvalue weighted by Crippen LogP contribution is -2.20. The van der Waals surface area contributed by atoms with Crippen LogP contribution in [0.2, 0.25) is 0 Å². The van der Waals surface area contributed by atoms with Crippen LogP contribution < -0.4 is 5.32 Å². The number of carbonyl (C=O) groups is 1. The number of rotatable bonds is 4. The highest BCUT2D eigenvalue weighted by Crippen LogP contribution is 2.17. The Morgan fingerprint density at radius 3 is 2.87 bits per heavy atom. The topological polar surface area (TPSA) is 90.0 Å². The molecule has 0 unspecified atom stereocenters. The van der Waals surface area contributed by atoms with Crippen LogP contribution in [-0.4, -0.2) is 35.3 Å². The molecule has 0 aromatic carbocycles. The van der Waals surface area contributed by atoms with E-state index in [9.17, 15) is 4.79 Å². The van der Waals surface area contributed by atoms with Gasteiger partial charge in [0.05, 0.1) is 12.2 Å². The number of amides is 1. The zero-order valence-electron chi connectivity index (χ0n) is 13.6. The van der Waals surface area contributed by atoms with Crippen LogP contribution in [0.3, 0.4) is 0 Å². The molecule has 0 fully saturated rings. The van der Waals surface area contributed by atoms with Crippen molar-refractivity contribution in [3.63, 3.8) is 0 Å². The molecule has 0 saturated carbocycles. The Bertz CT molecular complexity index is 864. The monoisotopic (exact) mass is 313 g/mol. The van der Waals surface area contributed by atoms with Crippen molar-refractivity contribution in [2.75, 3.05) is 5.32 Å². The lowest BCUT2D eigenvalue weighted by Gasteiger charge is -2.13. The van der Waals surface area contributed by atoms with E-state index < -0.39 is 0 Å². The number of hydrogen-bond acceptors (Lipinski definition) is 5. The Balaban J connectivity index is 1.95. The van der Waals surface area contributed by atoms with Crippen LogP contribution in [0.15, 0.2) is 18.3 Å². The molecule has 3 aromatic rings. The second kappa shape index (κ2) is 5.79. The van der Waals surface area contributed by atoms with E-state index in [1.165, 1.54) is 0 Å². The van der Waals surface area contributed by atoms with Crippen molar-refractivity contribution >= 4 is 17.5 Å². The normalized spacial score (nSPS) is 12.5. The summed E-state index contributed by atoms with van der Waals surface area (Å²) in [6.07, 6.45) is 2.58. The summed E-state index contributed by atoms with van der Waals surface area (Å²) in [5.41, 5.74) is 1.70. The van der Waals surface area contributed by atoms with E-state index in [4.69, 9.17) is 0 Å². The Kier molecular flexibility index (Phi) is 3.81. The predicted octanol–water partition coefficient (Wildman–Crippen LogP) is 2.16. The highest BCUT2D eigenvalue weighted by Gasteiger charge is 2.19. The largest absolute Gasteiger partial charge is 0.304 e. The van der Waals surface area contributed by atoms with Gasteiger partial charge in [-0.05, 0) is 33.3 Å². The van der Waals surface area contributed by atoms with Gasteiger partial charge in [0.2, 0.25) is 5.82 Å². The molecule has 0 saturated heterocycles. The Labute approximate surface area is 133 Å². The maximum atomic E-state index is 12.6. The molecule has 1 amide bonds. The quantitative estimate of drug-likeness (QED) is 0.797. The lowest BCUT2D eigenvalue weighted by molar-refractivity contribution is 0.101. The van der Waals surface area contributed by atoms with Crippen molar-refractivity contribution in [1.29, 1.82) is 0 Å². The molecule has 0 radical (unpaired) electrons. The van der Waals surface area contributed by atoms with Crippen molar-refractivity contribution in [2.45, 2.75) is 40.2 Å². The summed E-state index contributed by atoms with van der Waals surface area (Å²) in [6.45, 7) is 7.89. The minimum atomic E-state index is -0.337. The summed E-state index contributed by atoms with van der Waals surface area (Å²) in [6, 6.07) is 3.85. The lowest BCUT2D eigenvalue weighted by atomic mass is 10.3. The molecular formula is C15H19N7O. The summed E-state index contributed by atoms with van der Waals surface area (Å²) >= 11 is 0. The fourth-order valence-corrected chi connectivity index (χ4v) is 2.49. The molecule has 0 aliphatic carbocycles. The average molecular weight is 313 g/mol. The van der Waals surface area contributed by atoms with Gasteiger partial charge in [0.1, 0.15) is 5.82 Å². The van der Waals surface area contributed by atoms with E-state index in [1.807, 2.05) is 26.8 Å². The van der Waals surface area contributed by atoms with Crippen LogP contribution >= 0.6 is 0 Å². The number of aryl methyl sites for hydroxylation is 2. The summed E-state index contributed by atoms with van der Waals surface area (Å²) in [7, 11) is 0. The molecule has 23 heavy (non-hydrogen) atoms. The third kappa shape index (κ3) is 2.67. The van der Waals surface area contributed by atoms with Gasteiger partial charge in [-0.15, -0.1) is 10.2 Å². The second-order valence-electron chi connectivity index (χ2n) is 5.57. The first-order valence-electron chi connectivity index (χ1n) is 7.55. The van der Waals surface area contributed by atoms with E-state index in [2.05, 4.69) is 32.5 Å². The number of hydrogen-bond donors (Lipinski definition) is 1. The molecule has 3 heterocycles. The zero-order valence-corrected chi connectivity index (χ0v) is 13.6. The average Bonchev–Trinajstić information content (AvgIpc) is 3.13. The maximum Gasteiger partial charge on any atom is 0.295 e. The number of anilines is 1. The van der Waals surface area contributed by atoms with Crippen LogP contribution in [-0.2, 0) is 0 Å². The SMILES string of the molecule is CC[C@@H](C)n1nccc1NC(=O)c1nnc2nc(C)cc(C)n12. The third-order valence-electron chi connectivity index (χ3n) is 3.82. The van der Waals surface area contributed by atoms with Crippen LogP contribution in [0.4, 0.5) is 5.82 Å². The van der Waals surface area contributed by atoms with Crippen LogP contribution in [0.5, 0.6) is 0 Å². The minimum absolute atomic E-state index is 0.196. The number of aromatic nitrogens is 6. The van der Waals surface area contributed by atoms with Gasteiger partial charge >= 0.3 is 0 Å². The number of nitrogens with one attached hydrogen (secondary N) is 1. The molecule has 1 atom stereocenters.